The molecule has 22 heavy (non-hydrogen) atoms. The maximum Gasteiger partial charge on any atom is 0.167 e. The van der Waals surface area contributed by atoms with Gasteiger partial charge in [-0.3, -0.25) is 0 Å². The summed E-state index contributed by atoms with van der Waals surface area (Å²) in [5, 5.41) is 0. The third kappa shape index (κ3) is 4.78. The second-order valence-electron chi connectivity index (χ2n) is 6.43. The van der Waals surface area contributed by atoms with E-state index in [0.29, 0.717) is 5.75 Å². The Bertz CT molecular complexity index is 488. The Kier molecular flexibility index (Phi) is 7.00. The first-order valence-corrected chi connectivity index (χ1v) is 8.56. The van der Waals surface area contributed by atoms with Gasteiger partial charge in [-0.15, -0.1) is 0 Å². The van der Waals surface area contributed by atoms with Crippen LogP contribution in [0.15, 0.2) is 17.0 Å². The molecule has 5 heteroatoms. The summed E-state index contributed by atoms with van der Waals surface area (Å²) in [6, 6.07) is 3.38. The summed E-state index contributed by atoms with van der Waals surface area (Å²) in [5.41, 5.74) is 0.904. The average Bonchev–Trinajstić information content (AvgIpc) is 2.56. The number of hydrogen-bond acceptors (Lipinski definition) is 4. The monoisotopic (exact) mass is 328 g/mol. The number of halogens is 1. The van der Waals surface area contributed by atoms with E-state index in [4.69, 9.17) is 4.74 Å². The largest absolute Gasteiger partial charge is 0.494 e. The van der Waals surface area contributed by atoms with Gasteiger partial charge in [0.1, 0.15) is 0 Å². The molecule has 0 radical (unpaired) electrons. The van der Waals surface area contributed by atoms with E-state index in [1.54, 1.807) is 24.1 Å². The van der Waals surface area contributed by atoms with Crippen molar-refractivity contribution in [2.75, 3.05) is 32.1 Å². The van der Waals surface area contributed by atoms with Gasteiger partial charge in [0, 0.05) is 30.8 Å². The first-order chi connectivity index (χ1) is 10.2. The van der Waals surface area contributed by atoms with Gasteiger partial charge < -0.3 is 9.64 Å². The SMILES string of the molecule is CCC.COc1cc2c(cc1F)N(C(C)(C)C)CCN(C)S2. The second-order valence-corrected chi connectivity index (χ2v) is 7.67. The Balaban J connectivity index is 0.000000745. The highest BCUT2D eigenvalue weighted by Gasteiger charge is 2.28. The van der Waals surface area contributed by atoms with Crippen LogP contribution in [-0.4, -0.2) is 37.1 Å². The second kappa shape index (κ2) is 8.06. The molecule has 3 nitrogen and oxygen atoms in total. The summed E-state index contributed by atoms with van der Waals surface area (Å²) < 4.78 is 21.2. The van der Waals surface area contributed by atoms with Crippen LogP contribution in [0.4, 0.5) is 10.1 Å². The van der Waals surface area contributed by atoms with Crippen molar-refractivity contribution in [2.24, 2.45) is 0 Å². The van der Waals surface area contributed by atoms with Crippen LogP contribution in [0.2, 0.25) is 0 Å². The molecule has 0 amide bonds. The number of nitrogens with zero attached hydrogens (tertiary/aromatic N) is 2. The van der Waals surface area contributed by atoms with Crippen LogP contribution in [0.5, 0.6) is 5.75 Å². The molecule has 0 saturated heterocycles. The molecule has 0 N–H and O–H groups in total. The molecule has 1 aromatic carbocycles. The molecule has 0 aliphatic carbocycles. The molecule has 0 atom stereocenters. The molecular weight excluding hydrogens is 299 g/mol. The van der Waals surface area contributed by atoms with E-state index in [-0.39, 0.29) is 11.4 Å². The Labute approximate surface area is 139 Å². The van der Waals surface area contributed by atoms with Crippen LogP contribution in [0, 0.1) is 5.82 Å². The van der Waals surface area contributed by atoms with Gasteiger partial charge in [0.15, 0.2) is 11.6 Å². The van der Waals surface area contributed by atoms with Crippen LogP contribution in [0.1, 0.15) is 41.0 Å². The molecular formula is C17H29FN2OS. The van der Waals surface area contributed by atoms with Crippen molar-refractivity contribution in [3.05, 3.63) is 17.9 Å². The zero-order chi connectivity index (χ0) is 16.9. The molecule has 0 spiro atoms. The third-order valence-corrected chi connectivity index (χ3v) is 4.24. The lowest BCUT2D eigenvalue weighted by Crippen LogP contribution is -2.43. The molecule has 2 rings (SSSR count). The zero-order valence-electron chi connectivity index (χ0n) is 14.9. The summed E-state index contributed by atoms with van der Waals surface area (Å²) in [7, 11) is 3.55. The van der Waals surface area contributed by atoms with Crippen LogP contribution in [0.3, 0.4) is 0 Å². The molecule has 1 aliphatic rings. The molecule has 0 saturated carbocycles. The van der Waals surface area contributed by atoms with Gasteiger partial charge in [-0.05, 0) is 39.8 Å². The summed E-state index contributed by atoms with van der Waals surface area (Å²) in [6.45, 7) is 12.5. The lowest BCUT2D eigenvalue weighted by atomic mass is 10.0. The van der Waals surface area contributed by atoms with Crippen LogP contribution < -0.4 is 9.64 Å². The van der Waals surface area contributed by atoms with E-state index in [1.165, 1.54) is 13.5 Å². The van der Waals surface area contributed by atoms with Gasteiger partial charge in [0.05, 0.1) is 17.7 Å². The highest BCUT2D eigenvalue weighted by atomic mass is 32.2. The number of methoxy groups -OCH3 is 1. The molecule has 126 valence electrons. The molecule has 1 aromatic rings. The number of rotatable bonds is 1. The van der Waals surface area contributed by atoms with Crippen LogP contribution >= 0.6 is 11.9 Å². The summed E-state index contributed by atoms with van der Waals surface area (Å²) in [6.07, 6.45) is 1.25. The minimum absolute atomic E-state index is 0.0402. The minimum atomic E-state index is -0.305. The van der Waals surface area contributed by atoms with Crippen molar-refractivity contribution in [3.63, 3.8) is 0 Å². The standard InChI is InChI=1S/C14H21FN2OS.C3H8/c1-14(2,3)17-7-6-16(4)19-13-9-12(18-5)10(15)8-11(13)17;1-3-2/h8-9H,6-7H2,1-5H3;3H2,1-2H3. The number of ether oxygens (including phenoxy) is 1. The van der Waals surface area contributed by atoms with Crippen LogP contribution in [0.25, 0.3) is 0 Å². The van der Waals surface area contributed by atoms with Crippen molar-refractivity contribution in [2.45, 2.75) is 51.5 Å². The normalized spacial score (nSPS) is 15.5. The number of anilines is 1. The number of benzene rings is 1. The number of likely N-dealkylation sites (N-methyl/N-ethyl adjacent to an activating group) is 1. The first kappa shape index (κ1) is 19.1. The number of fused-ring (bicyclic) bond motifs is 1. The van der Waals surface area contributed by atoms with E-state index in [9.17, 15) is 4.39 Å². The Morgan fingerprint density at radius 2 is 1.82 bits per heavy atom. The fourth-order valence-corrected chi connectivity index (χ4v) is 3.17. The smallest absolute Gasteiger partial charge is 0.167 e. The summed E-state index contributed by atoms with van der Waals surface area (Å²) in [4.78, 5) is 3.29. The Hall–Kier alpha value is -0.940. The molecule has 1 aliphatic heterocycles. The maximum atomic E-state index is 14.0. The molecule has 0 bridgehead atoms. The van der Waals surface area contributed by atoms with Crippen molar-refractivity contribution < 1.29 is 9.13 Å². The predicted molar refractivity (Wildman–Crippen MR) is 94.5 cm³/mol. The maximum absolute atomic E-state index is 14.0. The van der Waals surface area contributed by atoms with Crippen molar-refractivity contribution >= 4 is 17.6 Å². The summed E-state index contributed by atoms with van der Waals surface area (Å²) in [5.74, 6) is -0.00365. The summed E-state index contributed by atoms with van der Waals surface area (Å²) >= 11 is 1.64. The Morgan fingerprint density at radius 1 is 1.23 bits per heavy atom. The van der Waals surface area contributed by atoms with E-state index in [1.807, 2.05) is 0 Å². The van der Waals surface area contributed by atoms with Gasteiger partial charge in [0.25, 0.3) is 0 Å². The molecule has 0 aromatic heterocycles. The van der Waals surface area contributed by atoms with Crippen molar-refractivity contribution in [1.82, 2.24) is 4.31 Å². The van der Waals surface area contributed by atoms with Gasteiger partial charge >= 0.3 is 0 Å². The van der Waals surface area contributed by atoms with Gasteiger partial charge in [-0.2, -0.15) is 0 Å². The third-order valence-electron chi connectivity index (χ3n) is 3.23. The zero-order valence-corrected chi connectivity index (χ0v) is 15.7. The Morgan fingerprint density at radius 3 is 2.32 bits per heavy atom. The van der Waals surface area contributed by atoms with Gasteiger partial charge in [0.2, 0.25) is 0 Å². The van der Waals surface area contributed by atoms with Crippen LogP contribution in [-0.2, 0) is 0 Å². The quantitative estimate of drug-likeness (QED) is 0.687. The van der Waals surface area contributed by atoms with E-state index < -0.39 is 0 Å². The highest BCUT2D eigenvalue weighted by Crippen LogP contribution is 2.40. The van der Waals surface area contributed by atoms with E-state index >= 15 is 0 Å². The topological polar surface area (TPSA) is 15.7 Å². The minimum Gasteiger partial charge on any atom is -0.494 e. The van der Waals surface area contributed by atoms with Crippen molar-refractivity contribution in [3.8, 4) is 5.75 Å². The molecule has 0 fully saturated rings. The van der Waals surface area contributed by atoms with Gasteiger partial charge in [-0.1, -0.05) is 20.3 Å². The number of hydrogen-bond donors (Lipinski definition) is 0. The van der Waals surface area contributed by atoms with E-state index in [0.717, 1.165) is 23.7 Å². The first-order valence-electron chi connectivity index (χ1n) is 7.78. The lowest BCUT2D eigenvalue weighted by Gasteiger charge is -2.37. The fraction of sp³-hybridized carbons (Fsp3) is 0.647. The van der Waals surface area contributed by atoms with Crippen molar-refractivity contribution in [1.29, 1.82) is 0 Å². The highest BCUT2D eigenvalue weighted by molar-refractivity contribution is 7.97. The lowest BCUT2D eigenvalue weighted by molar-refractivity contribution is 0.384. The van der Waals surface area contributed by atoms with Gasteiger partial charge in [-0.25, -0.2) is 8.70 Å². The molecule has 0 unspecified atom stereocenters. The average molecular weight is 328 g/mol. The fourth-order valence-electron chi connectivity index (χ4n) is 2.24. The predicted octanol–water partition coefficient (Wildman–Crippen LogP) is 4.81. The van der Waals surface area contributed by atoms with E-state index in [2.05, 4.69) is 50.9 Å². The molecule has 1 heterocycles.